The molecule has 0 N–H and O–H groups in total. The van der Waals surface area contributed by atoms with Crippen molar-refractivity contribution < 1.29 is 13.5 Å². The zero-order chi connectivity index (χ0) is 10.9. The van der Waals surface area contributed by atoms with Gasteiger partial charge in [-0.05, 0) is 27.7 Å². The van der Waals surface area contributed by atoms with Crippen LogP contribution in [0.3, 0.4) is 0 Å². The van der Waals surface area contributed by atoms with Crippen LogP contribution < -0.4 is 4.68 Å². The van der Waals surface area contributed by atoms with Crippen LogP contribution in [0, 0.1) is 0 Å². The van der Waals surface area contributed by atoms with Crippen LogP contribution in [0.15, 0.2) is 6.20 Å². The Labute approximate surface area is 82.3 Å². The Morgan fingerprint density at radius 2 is 1.86 bits per heavy atom. The molecule has 0 aliphatic carbocycles. The van der Waals surface area contributed by atoms with Gasteiger partial charge in [-0.15, -0.1) is 9.36 Å². The molecule has 0 saturated heterocycles. The Morgan fingerprint density at radius 3 is 2.14 bits per heavy atom. The van der Waals surface area contributed by atoms with E-state index in [0.717, 1.165) is 0 Å². The maximum Gasteiger partial charge on any atom is 0.304 e. The number of hydrogen-bond donors (Lipinski definition) is 0. The average Bonchev–Trinajstić information content (AvgIpc) is 2.47. The molecule has 1 rings (SSSR count). The molecular formula is C9H16F2N3+. The SMILES string of the molecule is CC(C)n1n[n+](C(C)C)cc1C(F)F. The smallest absolute Gasteiger partial charge is 0.201 e. The maximum absolute atomic E-state index is 12.6. The lowest BCUT2D eigenvalue weighted by Crippen LogP contribution is -2.38. The summed E-state index contributed by atoms with van der Waals surface area (Å²) in [6.07, 6.45) is -1.06. The highest BCUT2D eigenvalue weighted by Gasteiger charge is 2.26. The molecule has 0 aliphatic heterocycles. The first-order chi connectivity index (χ1) is 6.43. The molecule has 1 aromatic heterocycles. The Morgan fingerprint density at radius 1 is 1.29 bits per heavy atom. The first-order valence-electron chi connectivity index (χ1n) is 4.72. The molecule has 0 unspecified atom stereocenters. The lowest BCUT2D eigenvalue weighted by Gasteiger charge is -2.00. The van der Waals surface area contributed by atoms with Gasteiger partial charge in [-0.25, -0.2) is 8.78 Å². The highest BCUT2D eigenvalue weighted by atomic mass is 19.3. The summed E-state index contributed by atoms with van der Waals surface area (Å²) >= 11 is 0. The Kier molecular flexibility index (Phi) is 3.18. The monoisotopic (exact) mass is 204 g/mol. The van der Waals surface area contributed by atoms with E-state index in [-0.39, 0.29) is 17.8 Å². The van der Waals surface area contributed by atoms with E-state index in [9.17, 15) is 8.78 Å². The van der Waals surface area contributed by atoms with Crippen LogP contribution in [0.1, 0.15) is 51.9 Å². The van der Waals surface area contributed by atoms with Crippen molar-refractivity contribution in [3.63, 3.8) is 0 Å². The lowest BCUT2D eigenvalue weighted by molar-refractivity contribution is -0.773. The van der Waals surface area contributed by atoms with E-state index < -0.39 is 6.43 Å². The molecule has 0 fully saturated rings. The standard InChI is InChI=1S/C9H16F2N3/c1-6(2)13-5-8(9(10)11)14(12-13)7(3)4/h5-7,9H,1-4H3/q+1. The molecule has 0 amide bonds. The average molecular weight is 204 g/mol. The van der Waals surface area contributed by atoms with Crippen LogP contribution in [0.25, 0.3) is 0 Å². The van der Waals surface area contributed by atoms with Gasteiger partial charge in [0.1, 0.15) is 12.1 Å². The molecule has 0 bridgehead atoms. The van der Waals surface area contributed by atoms with E-state index in [1.807, 2.05) is 27.7 Å². The van der Waals surface area contributed by atoms with Crippen molar-refractivity contribution in [2.24, 2.45) is 0 Å². The van der Waals surface area contributed by atoms with Gasteiger partial charge in [0.15, 0.2) is 6.20 Å². The fourth-order valence-electron chi connectivity index (χ4n) is 1.19. The van der Waals surface area contributed by atoms with Crippen molar-refractivity contribution in [2.75, 3.05) is 0 Å². The number of hydrogen-bond acceptors (Lipinski definition) is 1. The minimum atomic E-state index is -2.47. The van der Waals surface area contributed by atoms with Gasteiger partial charge < -0.3 is 0 Å². The van der Waals surface area contributed by atoms with E-state index in [2.05, 4.69) is 5.21 Å². The second-order valence-electron chi connectivity index (χ2n) is 3.86. The molecule has 0 atom stereocenters. The van der Waals surface area contributed by atoms with E-state index in [1.165, 1.54) is 10.9 Å². The number of nitrogens with zero attached hydrogens (tertiary/aromatic N) is 3. The number of rotatable bonds is 3. The van der Waals surface area contributed by atoms with Crippen molar-refractivity contribution >= 4 is 0 Å². The molecule has 0 radical (unpaired) electrons. The van der Waals surface area contributed by atoms with Crippen molar-refractivity contribution in [3.05, 3.63) is 11.9 Å². The molecule has 14 heavy (non-hydrogen) atoms. The Hall–Kier alpha value is -1.00. The summed E-state index contributed by atoms with van der Waals surface area (Å²) in [5, 5.41) is 4.08. The second kappa shape index (κ2) is 4.02. The summed E-state index contributed by atoms with van der Waals surface area (Å²) in [5.74, 6) is 0. The minimum absolute atomic E-state index is 0.0197. The Balaban J connectivity index is 3.12. The van der Waals surface area contributed by atoms with Gasteiger partial charge in [-0.1, -0.05) is 0 Å². The van der Waals surface area contributed by atoms with Crippen molar-refractivity contribution in [1.29, 1.82) is 0 Å². The molecule has 80 valence electrons. The first-order valence-corrected chi connectivity index (χ1v) is 4.72. The van der Waals surface area contributed by atoms with Gasteiger partial charge in [-0.2, -0.15) is 0 Å². The van der Waals surface area contributed by atoms with Crippen molar-refractivity contribution in [1.82, 2.24) is 9.90 Å². The second-order valence-corrected chi connectivity index (χ2v) is 3.86. The largest absolute Gasteiger partial charge is 0.304 e. The fourth-order valence-corrected chi connectivity index (χ4v) is 1.19. The summed E-state index contributed by atoms with van der Waals surface area (Å²) in [6.45, 7) is 7.49. The highest BCUT2D eigenvalue weighted by molar-refractivity contribution is 4.93. The minimum Gasteiger partial charge on any atom is -0.201 e. The predicted molar refractivity (Wildman–Crippen MR) is 48.1 cm³/mol. The van der Waals surface area contributed by atoms with E-state index in [0.29, 0.717) is 0 Å². The summed E-state index contributed by atoms with van der Waals surface area (Å²) in [7, 11) is 0. The zero-order valence-electron chi connectivity index (χ0n) is 8.91. The highest BCUT2D eigenvalue weighted by Crippen LogP contribution is 2.19. The third kappa shape index (κ3) is 2.08. The molecule has 0 saturated carbocycles. The van der Waals surface area contributed by atoms with E-state index in [4.69, 9.17) is 0 Å². The molecule has 0 aromatic carbocycles. The third-order valence-electron chi connectivity index (χ3n) is 1.97. The van der Waals surface area contributed by atoms with Crippen LogP contribution >= 0.6 is 0 Å². The van der Waals surface area contributed by atoms with E-state index >= 15 is 0 Å². The summed E-state index contributed by atoms with van der Waals surface area (Å²) in [5.41, 5.74) is -0.0197. The molecule has 0 spiro atoms. The van der Waals surface area contributed by atoms with Crippen molar-refractivity contribution in [3.8, 4) is 0 Å². The number of halogens is 2. The quantitative estimate of drug-likeness (QED) is 0.692. The Bertz CT molecular complexity index is 280. The molecule has 1 aromatic rings. The maximum atomic E-state index is 12.6. The van der Waals surface area contributed by atoms with Crippen LogP contribution in [0.5, 0.6) is 0 Å². The lowest BCUT2D eigenvalue weighted by atomic mass is 10.3. The molecule has 5 heteroatoms. The number of aromatic nitrogens is 3. The van der Waals surface area contributed by atoms with Crippen LogP contribution in [0.4, 0.5) is 8.78 Å². The molecule has 0 aliphatic rings. The molecule has 3 nitrogen and oxygen atoms in total. The summed E-state index contributed by atoms with van der Waals surface area (Å²) in [6, 6.07) is 0.0616. The molecular weight excluding hydrogens is 188 g/mol. The summed E-state index contributed by atoms with van der Waals surface area (Å²) < 4.78 is 28.1. The van der Waals surface area contributed by atoms with Gasteiger partial charge in [0.05, 0.1) is 5.21 Å². The van der Waals surface area contributed by atoms with Crippen LogP contribution in [0.2, 0.25) is 0 Å². The third-order valence-corrected chi connectivity index (χ3v) is 1.97. The summed E-state index contributed by atoms with van der Waals surface area (Å²) in [4.78, 5) is 0. The van der Waals surface area contributed by atoms with Gasteiger partial charge >= 0.3 is 6.43 Å². The van der Waals surface area contributed by atoms with Crippen LogP contribution in [-0.4, -0.2) is 9.90 Å². The topological polar surface area (TPSA) is 21.7 Å². The normalized spacial score (nSPS) is 12.1. The van der Waals surface area contributed by atoms with Crippen LogP contribution in [-0.2, 0) is 0 Å². The first kappa shape index (κ1) is 11.1. The number of alkyl halides is 2. The fraction of sp³-hybridized carbons (Fsp3) is 0.778. The van der Waals surface area contributed by atoms with E-state index in [1.54, 1.807) is 4.68 Å². The predicted octanol–water partition coefficient (Wildman–Crippen LogP) is 2.27. The zero-order valence-corrected chi connectivity index (χ0v) is 8.91. The van der Waals surface area contributed by atoms with Crippen molar-refractivity contribution in [2.45, 2.75) is 46.2 Å². The van der Waals surface area contributed by atoms with Gasteiger partial charge in [0.2, 0.25) is 5.69 Å². The van der Waals surface area contributed by atoms with Gasteiger partial charge in [0, 0.05) is 0 Å². The van der Waals surface area contributed by atoms with Gasteiger partial charge in [-0.3, -0.25) is 0 Å². The van der Waals surface area contributed by atoms with Gasteiger partial charge in [0.25, 0.3) is 0 Å². The molecule has 1 heterocycles.